The number of amides is 5. The average molecular weight is 694 g/mol. The van der Waals surface area contributed by atoms with Crippen molar-refractivity contribution >= 4 is 35.5 Å². The number of rotatable bonds is 7. The quantitative estimate of drug-likeness (QED) is 0.250. The molecule has 0 aromatic heterocycles. The molecule has 50 heavy (non-hydrogen) atoms. The molecule has 0 spiro atoms. The molecule has 0 radical (unpaired) electrons. The second kappa shape index (κ2) is 18.7. The van der Waals surface area contributed by atoms with Crippen molar-refractivity contribution in [3.05, 3.63) is 48.0 Å². The highest BCUT2D eigenvalue weighted by molar-refractivity contribution is 6.38. The van der Waals surface area contributed by atoms with E-state index < -0.39 is 59.2 Å². The van der Waals surface area contributed by atoms with Crippen molar-refractivity contribution in [2.45, 2.75) is 122 Å². The zero-order valence-corrected chi connectivity index (χ0v) is 29.8. The Hall–Kier alpha value is -4.22. The third-order valence-electron chi connectivity index (χ3n) is 9.56. The Morgan fingerprint density at radius 1 is 0.860 bits per heavy atom. The van der Waals surface area contributed by atoms with Gasteiger partial charge in [0.05, 0.1) is 12.6 Å². The van der Waals surface area contributed by atoms with Crippen LogP contribution in [0.3, 0.4) is 0 Å². The van der Waals surface area contributed by atoms with Crippen molar-refractivity contribution in [1.82, 2.24) is 26.2 Å². The molecule has 2 saturated carbocycles. The molecule has 12 heteroatoms. The van der Waals surface area contributed by atoms with E-state index in [0.29, 0.717) is 32.4 Å². The topological polar surface area (TPSA) is 163 Å². The minimum absolute atomic E-state index is 0.174. The van der Waals surface area contributed by atoms with E-state index in [1.807, 2.05) is 42.5 Å². The van der Waals surface area contributed by atoms with Crippen molar-refractivity contribution in [2.24, 2.45) is 11.8 Å². The van der Waals surface area contributed by atoms with Crippen LogP contribution < -0.4 is 21.3 Å². The van der Waals surface area contributed by atoms with Gasteiger partial charge in [-0.2, -0.15) is 0 Å². The predicted octanol–water partition coefficient (Wildman–Crippen LogP) is 3.73. The fraction of sp³-hybridized carbons (Fsp3) is 0.632. The zero-order chi connectivity index (χ0) is 36.1. The third-order valence-corrected chi connectivity index (χ3v) is 9.56. The fourth-order valence-corrected chi connectivity index (χ4v) is 6.72. The summed E-state index contributed by atoms with van der Waals surface area (Å²) in [7, 11) is 0. The zero-order valence-electron chi connectivity index (χ0n) is 29.8. The second-order valence-corrected chi connectivity index (χ2v) is 14.9. The molecule has 0 bridgehead atoms. The van der Waals surface area contributed by atoms with E-state index in [4.69, 9.17) is 4.74 Å². The van der Waals surface area contributed by atoms with E-state index in [1.165, 1.54) is 4.90 Å². The van der Waals surface area contributed by atoms with Gasteiger partial charge in [-0.25, -0.2) is 4.79 Å². The number of alkyl carbamates (subject to hydrolysis) is 1. The van der Waals surface area contributed by atoms with Gasteiger partial charge in [0.15, 0.2) is 0 Å². The van der Waals surface area contributed by atoms with E-state index in [0.717, 1.165) is 50.5 Å². The lowest BCUT2D eigenvalue weighted by Gasteiger charge is -2.32. The van der Waals surface area contributed by atoms with E-state index in [2.05, 4.69) is 21.3 Å². The molecule has 274 valence electrons. The van der Waals surface area contributed by atoms with Crippen LogP contribution in [-0.4, -0.2) is 83.8 Å². The van der Waals surface area contributed by atoms with Gasteiger partial charge in [-0.15, -0.1) is 0 Å². The van der Waals surface area contributed by atoms with Gasteiger partial charge in [0, 0.05) is 19.5 Å². The number of allylic oxidation sites excluding steroid dienone is 1. The first-order valence-electron chi connectivity index (χ1n) is 18.3. The Balaban J connectivity index is 1.60. The molecule has 1 unspecified atom stereocenters. The molecule has 4 rings (SSSR count). The Bertz CT molecular complexity index is 1370. The summed E-state index contributed by atoms with van der Waals surface area (Å²) in [5.74, 6) is -2.77. The van der Waals surface area contributed by atoms with E-state index in [9.17, 15) is 28.8 Å². The average Bonchev–Trinajstić information content (AvgIpc) is 3.55. The SMILES string of the molecule is CC(C)(C)OC(=O)N[C@H]1CC/C=C/CCNC(=O)[C@H](Cc2ccccc2)NC(=O)C(=O)C(CC2CCC2)NC(=O)CN(CC2CCCC2)C1=O. The fourth-order valence-electron chi connectivity index (χ4n) is 6.72. The van der Waals surface area contributed by atoms with Gasteiger partial charge in [-0.05, 0) is 76.7 Å². The molecule has 1 aromatic carbocycles. The highest BCUT2D eigenvalue weighted by atomic mass is 16.6. The molecule has 3 atom stereocenters. The molecule has 2 aliphatic carbocycles. The summed E-state index contributed by atoms with van der Waals surface area (Å²) >= 11 is 0. The lowest BCUT2D eigenvalue weighted by Crippen LogP contribution is -2.56. The molecule has 4 N–H and O–H groups in total. The molecular formula is C38H55N5O7. The predicted molar refractivity (Wildman–Crippen MR) is 189 cm³/mol. The Labute approximate surface area is 295 Å². The molecule has 5 amide bonds. The second-order valence-electron chi connectivity index (χ2n) is 14.9. The number of nitrogens with one attached hydrogen (secondary N) is 4. The number of Topliss-reactive ketones (excluding diaryl/α,β-unsaturated/α-hetero) is 1. The molecule has 1 aromatic rings. The Morgan fingerprint density at radius 3 is 2.20 bits per heavy atom. The minimum atomic E-state index is -1.11. The monoisotopic (exact) mass is 693 g/mol. The number of carbonyl (C=O) groups excluding carboxylic acids is 6. The summed E-state index contributed by atoms with van der Waals surface area (Å²) < 4.78 is 5.47. The van der Waals surface area contributed by atoms with Gasteiger partial charge in [0.1, 0.15) is 17.7 Å². The maximum Gasteiger partial charge on any atom is 0.408 e. The summed E-state index contributed by atoms with van der Waals surface area (Å²) in [6.07, 6.45) is 11.5. The highest BCUT2D eigenvalue weighted by Crippen LogP contribution is 2.31. The van der Waals surface area contributed by atoms with Gasteiger partial charge >= 0.3 is 6.09 Å². The summed E-state index contributed by atoms with van der Waals surface area (Å²) in [6.45, 7) is 5.52. The maximum atomic E-state index is 14.1. The van der Waals surface area contributed by atoms with Crippen molar-refractivity contribution in [2.75, 3.05) is 19.6 Å². The Kier molecular flexibility index (Phi) is 14.4. The first kappa shape index (κ1) is 38.6. The van der Waals surface area contributed by atoms with Crippen LogP contribution >= 0.6 is 0 Å². The standard InChI is InChI=1S/C38H55N5O7/c1-38(2,3)50-37(49)42-29-20-9-4-5-12-21-39-34(46)31(23-26-14-7-6-8-15-26)41-35(47)33(45)30(22-27-18-13-19-27)40-32(44)25-43(36(29)48)24-28-16-10-11-17-28/h4-8,14-15,27-31H,9-13,16-25H2,1-3H3,(H,39,46)(H,40,44)(H,41,47)(H,42,49)/b5-4+/t29-,30?,31-/m0/s1. The number of carbonyl (C=O) groups is 6. The van der Waals surface area contributed by atoms with E-state index in [-0.39, 0.29) is 31.2 Å². The van der Waals surface area contributed by atoms with Crippen molar-refractivity contribution in [3.8, 4) is 0 Å². The van der Waals surface area contributed by atoms with Gasteiger partial charge in [-0.3, -0.25) is 24.0 Å². The number of benzene rings is 1. The van der Waals surface area contributed by atoms with Crippen molar-refractivity contribution in [3.63, 3.8) is 0 Å². The van der Waals surface area contributed by atoms with Crippen LogP contribution in [0.1, 0.15) is 97.0 Å². The number of ketones is 1. The molecule has 12 nitrogen and oxygen atoms in total. The minimum Gasteiger partial charge on any atom is -0.444 e. The van der Waals surface area contributed by atoms with Gasteiger partial charge in [0.2, 0.25) is 23.5 Å². The normalized spacial score (nSPS) is 24.9. The van der Waals surface area contributed by atoms with Gasteiger partial charge in [-0.1, -0.05) is 74.6 Å². The van der Waals surface area contributed by atoms with Gasteiger partial charge < -0.3 is 30.9 Å². The lowest BCUT2D eigenvalue weighted by atomic mass is 9.80. The van der Waals surface area contributed by atoms with Crippen LogP contribution in [-0.2, 0) is 35.1 Å². The van der Waals surface area contributed by atoms with Crippen LogP contribution in [0.2, 0.25) is 0 Å². The molecular weight excluding hydrogens is 638 g/mol. The number of nitrogens with zero attached hydrogens (tertiary/aromatic N) is 1. The summed E-state index contributed by atoms with van der Waals surface area (Å²) in [5, 5.41) is 11.0. The molecule has 1 heterocycles. The largest absolute Gasteiger partial charge is 0.444 e. The summed E-state index contributed by atoms with van der Waals surface area (Å²) in [5.41, 5.74) is 0.0448. The lowest BCUT2D eigenvalue weighted by molar-refractivity contribution is -0.142. The van der Waals surface area contributed by atoms with E-state index >= 15 is 0 Å². The van der Waals surface area contributed by atoms with Gasteiger partial charge in [0.25, 0.3) is 5.91 Å². The molecule has 2 fully saturated rings. The van der Waals surface area contributed by atoms with Crippen LogP contribution in [0.25, 0.3) is 0 Å². The van der Waals surface area contributed by atoms with E-state index in [1.54, 1.807) is 20.8 Å². The molecule has 3 aliphatic rings. The van der Waals surface area contributed by atoms with Crippen molar-refractivity contribution < 1.29 is 33.5 Å². The van der Waals surface area contributed by atoms with Crippen molar-refractivity contribution in [1.29, 1.82) is 0 Å². The number of hydrogen-bond acceptors (Lipinski definition) is 7. The Morgan fingerprint density at radius 2 is 1.54 bits per heavy atom. The van der Waals surface area contributed by atoms with Crippen LogP contribution in [0.5, 0.6) is 0 Å². The molecule has 1 aliphatic heterocycles. The van der Waals surface area contributed by atoms with Crippen LogP contribution in [0.4, 0.5) is 4.79 Å². The number of ether oxygens (including phenoxy) is 1. The maximum absolute atomic E-state index is 14.1. The van der Waals surface area contributed by atoms with Crippen LogP contribution in [0, 0.1) is 11.8 Å². The summed E-state index contributed by atoms with van der Waals surface area (Å²) in [4.78, 5) is 82.7. The highest BCUT2D eigenvalue weighted by Gasteiger charge is 2.36. The van der Waals surface area contributed by atoms with Crippen LogP contribution in [0.15, 0.2) is 42.5 Å². The third kappa shape index (κ3) is 12.6. The molecule has 0 saturated heterocycles. The summed E-state index contributed by atoms with van der Waals surface area (Å²) in [6, 6.07) is 6.17. The number of hydrogen-bond donors (Lipinski definition) is 4. The first-order chi connectivity index (χ1) is 23.9. The first-order valence-corrected chi connectivity index (χ1v) is 18.3. The smallest absolute Gasteiger partial charge is 0.408 e.